The van der Waals surface area contributed by atoms with Gasteiger partial charge in [0.1, 0.15) is 0 Å². The Hall–Kier alpha value is -1.42. The van der Waals surface area contributed by atoms with Crippen LogP contribution in [-0.4, -0.2) is 111 Å². The standard InChI is InChI=1S/C20H34N4O6.3H2O/c25-17(19(27)29-23-11-3-7-15(23)13-5-1-9-21-13)18(26)20(28)30-24-12-4-8-16(24)14-6-2-10-22-14;;;/h13-18,21-22,25-26H,1-12H2;3*1H2/t13-,14-,15-,16-,17?,18?;;;/m1.../s1. The summed E-state index contributed by atoms with van der Waals surface area (Å²) in [4.78, 5) is 35.5. The maximum absolute atomic E-state index is 12.4. The second kappa shape index (κ2) is 13.5. The molecule has 4 rings (SSSR count). The fourth-order valence-corrected chi connectivity index (χ4v) is 5.24. The molecule has 4 aliphatic rings. The molecule has 0 bridgehead atoms. The van der Waals surface area contributed by atoms with E-state index in [-0.39, 0.29) is 40.6 Å². The molecule has 2 unspecified atom stereocenters. The lowest BCUT2D eigenvalue weighted by Gasteiger charge is -2.30. The lowest BCUT2D eigenvalue weighted by molar-refractivity contribution is -0.223. The van der Waals surface area contributed by atoms with Crippen molar-refractivity contribution in [1.82, 2.24) is 20.8 Å². The molecule has 194 valence electrons. The molecule has 4 fully saturated rings. The molecule has 0 aliphatic carbocycles. The van der Waals surface area contributed by atoms with E-state index in [0.717, 1.165) is 64.5 Å². The van der Waals surface area contributed by atoms with Crippen LogP contribution in [-0.2, 0) is 19.3 Å². The van der Waals surface area contributed by atoms with Gasteiger partial charge in [-0.15, -0.1) is 10.1 Å². The van der Waals surface area contributed by atoms with Crippen LogP contribution in [0.5, 0.6) is 0 Å². The van der Waals surface area contributed by atoms with Gasteiger partial charge in [0.25, 0.3) is 0 Å². The van der Waals surface area contributed by atoms with Gasteiger partial charge in [-0.3, -0.25) is 0 Å². The number of carbonyl (C=O) groups excluding carboxylic acids is 2. The maximum Gasteiger partial charge on any atom is 0.357 e. The van der Waals surface area contributed by atoms with Crippen molar-refractivity contribution >= 4 is 11.9 Å². The van der Waals surface area contributed by atoms with Crippen molar-refractivity contribution in [3.8, 4) is 0 Å². The van der Waals surface area contributed by atoms with Gasteiger partial charge in [0.05, 0.1) is 12.1 Å². The van der Waals surface area contributed by atoms with Gasteiger partial charge in [0.2, 0.25) is 0 Å². The third-order valence-electron chi connectivity index (χ3n) is 6.82. The summed E-state index contributed by atoms with van der Waals surface area (Å²) in [5.41, 5.74) is 0. The molecule has 4 aliphatic heterocycles. The van der Waals surface area contributed by atoms with Crippen molar-refractivity contribution in [2.24, 2.45) is 0 Å². The van der Waals surface area contributed by atoms with Crippen molar-refractivity contribution in [3.63, 3.8) is 0 Å². The smallest absolute Gasteiger partial charge is 0.357 e. The quantitative estimate of drug-likeness (QED) is 0.283. The van der Waals surface area contributed by atoms with E-state index >= 15 is 0 Å². The second-order valence-corrected chi connectivity index (χ2v) is 8.82. The fraction of sp³-hybridized carbons (Fsp3) is 0.900. The van der Waals surface area contributed by atoms with E-state index in [9.17, 15) is 19.8 Å². The SMILES string of the molecule is O.O.O.O=C(ON1CCC[C@@H]1[C@H]1CCCN1)C(O)C(O)C(=O)ON1CCC[C@@H]1[C@H]1CCCN1. The van der Waals surface area contributed by atoms with Crippen LogP contribution >= 0.6 is 0 Å². The van der Waals surface area contributed by atoms with Crippen LogP contribution in [0.2, 0.25) is 0 Å². The highest BCUT2D eigenvalue weighted by atomic mass is 16.7. The summed E-state index contributed by atoms with van der Waals surface area (Å²) in [5.74, 6) is -2.06. The molecule has 0 aromatic carbocycles. The third kappa shape index (κ3) is 6.81. The van der Waals surface area contributed by atoms with E-state index in [0.29, 0.717) is 13.1 Å². The molecule has 0 radical (unpaired) electrons. The van der Waals surface area contributed by atoms with Gasteiger partial charge in [-0.2, -0.15) is 0 Å². The first kappa shape index (κ1) is 29.6. The Kier molecular flexibility index (Phi) is 12.1. The number of nitrogens with zero attached hydrogens (tertiary/aromatic N) is 2. The van der Waals surface area contributed by atoms with E-state index in [4.69, 9.17) is 9.68 Å². The molecule has 4 heterocycles. The van der Waals surface area contributed by atoms with E-state index in [2.05, 4.69) is 10.6 Å². The third-order valence-corrected chi connectivity index (χ3v) is 6.82. The van der Waals surface area contributed by atoms with Crippen molar-refractivity contribution in [3.05, 3.63) is 0 Å². The second-order valence-electron chi connectivity index (χ2n) is 8.82. The molecule has 6 atom stereocenters. The van der Waals surface area contributed by atoms with Gasteiger partial charge in [-0.05, 0) is 64.5 Å². The minimum absolute atomic E-state index is 0. The van der Waals surface area contributed by atoms with Crippen LogP contribution in [0.4, 0.5) is 0 Å². The van der Waals surface area contributed by atoms with Gasteiger partial charge in [0, 0.05) is 25.2 Å². The van der Waals surface area contributed by atoms with Gasteiger partial charge < -0.3 is 47.0 Å². The van der Waals surface area contributed by atoms with Crippen LogP contribution in [0, 0.1) is 0 Å². The normalized spacial score (nSPS) is 31.7. The first-order valence-electron chi connectivity index (χ1n) is 11.3. The zero-order valence-electron chi connectivity index (χ0n) is 18.9. The van der Waals surface area contributed by atoms with Gasteiger partial charge >= 0.3 is 11.9 Å². The summed E-state index contributed by atoms with van der Waals surface area (Å²) in [6.07, 6.45) is 3.82. The van der Waals surface area contributed by atoms with Gasteiger partial charge in [-0.1, -0.05) is 0 Å². The van der Waals surface area contributed by atoms with Crippen molar-refractivity contribution in [2.75, 3.05) is 26.2 Å². The first-order valence-corrected chi connectivity index (χ1v) is 11.3. The lowest BCUT2D eigenvalue weighted by Crippen LogP contribution is -2.50. The van der Waals surface area contributed by atoms with E-state index < -0.39 is 24.1 Å². The average molecular weight is 481 g/mol. The summed E-state index contributed by atoms with van der Waals surface area (Å²) in [6.45, 7) is 3.05. The largest absolute Gasteiger partial charge is 0.412 e. The van der Waals surface area contributed by atoms with Gasteiger partial charge in [0.15, 0.2) is 12.2 Å². The molecule has 0 amide bonds. The summed E-state index contributed by atoms with van der Waals surface area (Å²) in [6, 6.07) is 0.612. The maximum atomic E-state index is 12.4. The number of nitrogens with one attached hydrogen (secondary N) is 2. The number of carbonyl (C=O) groups is 2. The summed E-state index contributed by atoms with van der Waals surface area (Å²) in [7, 11) is 0. The van der Waals surface area contributed by atoms with Crippen LogP contribution < -0.4 is 10.6 Å². The van der Waals surface area contributed by atoms with E-state index in [1.807, 2.05) is 0 Å². The zero-order chi connectivity index (χ0) is 21.1. The molecular weight excluding hydrogens is 440 g/mol. The first-order chi connectivity index (χ1) is 14.5. The fourth-order valence-electron chi connectivity index (χ4n) is 5.24. The molecule has 0 aromatic heterocycles. The minimum Gasteiger partial charge on any atom is -0.412 e. The Balaban J connectivity index is 0.00000181. The van der Waals surface area contributed by atoms with Gasteiger partial charge in [-0.25, -0.2) is 9.59 Å². The molecule has 0 aromatic rings. The van der Waals surface area contributed by atoms with Crippen LogP contribution in [0.3, 0.4) is 0 Å². The highest BCUT2D eigenvalue weighted by Crippen LogP contribution is 2.27. The molecule has 33 heavy (non-hydrogen) atoms. The Bertz CT molecular complexity index is 564. The van der Waals surface area contributed by atoms with Crippen molar-refractivity contribution in [1.29, 1.82) is 0 Å². The van der Waals surface area contributed by atoms with E-state index in [1.54, 1.807) is 10.1 Å². The topological polar surface area (TPSA) is 218 Å². The lowest BCUT2D eigenvalue weighted by atomic mass is 10.1. The zero-order valence-corrected chi connectivity index (χ0v) is 18.9. The van der Waals surface area contributed by atoms with Crippen LogP contribution in [0.1, 0.15) is 51.4 Å². The number of hydroxylamine groups is 4. The monoisotopic (exact) mass is 480 g/mol. The number of hydrogen-bond donors (Lipinski definition) is 4. The van der Waals surface area contributed by atoms with Crippen LogP contribution in [0.15, 0.2) is 0 Å². The van der Waals surface area contributed by atoms with Crippen molar-refractivity contribution < 1.29 is 45.9 Å². The molecule has 10 N–H and O–H groups in total. The Morgan fingerprint density at radius 1 is 0.697 bits per heavy atom. The number of rotatable bonds is 7. The Labute approximate surface area is 193 Å². The molecule has 13 heteroatoms. The number of aliphatic hydroxyl groups is 2. The van der Waals surface area contributed by atoms with Crippen molar-refractivity contribution in [2.45, 2.75) is 87.7 Å². The van der Waals surface area contributed by atoms with E-state index in [1.165, 1.54) is 0 Å². The summed E-state index contributed by atoms with van der Waals surface area (Å²) in [5, 5.41) is 30.4. The predicted molar refractivity (Wildman–Crippen MR) is 117 cm³/mol. The number of hydrogen-bond acceptors (Lipinski definition) is 10. The average Bonchev–Trinajstić information content (AvgIpc) is 3.53. The highest BCUT2D eigenvalue weighted by Gasteiger charge is 2.41. The summed E-state index contributed by atoms with van der Waals surface area (Å²) >= 11 is 0. The highest BCUT2D eigenvalue weighted by molar-refractivity contribution is 5.85. The molecule has 0 saturated carbocycles. The Morgan fingerprint density at radius 3 is 1.42 bits per heavy atom. The minimum atomic E-state index is -1.99. The predicted octanol–water partition coefficient (Wildman–Crippen LogP) is -3.42. The van der Waals surface area contributed by atoms with Crippen LogP contribution in [0.25, 0.3) is 0 Å². The molecule has 0 spiro atoms. The number of aliphatic hydroxyl groups excluding tert-OH is 2. The molecule has 13 nitrogen and oxygen atoms in total. The Morgan fingerprint density at radius 2 is 1.09 bits per heavy atom. The molecular formula is C20H40N4O9. The molecule has 4 saturated heterocycles. The summed E-state index contributed by atoms with van der Waals surface area (Å²) < 4.78 is 0.